The van der Waals surface area contributed by atoms with Crippen LogP contribution in [0.3, 0.4) is 0 Å². The highest BCUT2D eigenvalue weighted by molar-refractivity contribution is 5.89. The van der Waals surface area contributed by atoms with E-state index in [-0.39, 0.29) is 12.1 Å². The Hall–Kier alpha value is -2.12. The van der Waals surface area contributed by atoms with Crippen LogP contribution in [0.1, 0.15) is 63.2 Å². The van der Waals surface area contributed by atoms with Crippen molar-refractivity contribution in [1.82, 2.24) is 9.96 Å². The second kappa shape index (κ2) is 9.35. The van der Waals surface area contributed by atoms with Crippen LogP contribution in [-0.4, -0.2) is 64.5 Å². The Bertz CT molecular complexity index is 715. The maximum Gasteiger partial charge on any atom is 0.410 e. The van der Waals surface area contributed by atoms with Crippen molar-refractivity contribution in [2.24, 2.45) is 5.92 Å². The van der Waals surface area contributed by atoms with Crippen molar-refractivity contribution < 1.29 is 24.3 Å². The largest absolute Gasteiger partial charge is 0.444 e. The number of hydrogen-bond acceptors (Lipinski definition) is 6. The zero-order valence-electron chi connectivity index (χ0n) is 18.3. The van der Waals surface area contributed by atoms with Gasteiger partial charge in [-0.1, -0.05) is 18.2 Å². The number of benzene rings is 1. The van der Waals surface area contributed by atoms with Crippen LogP contribution in [-0.2, 0) is 9.57 Å². The standard InChI is InChI=1S/C23H34N2O5/c1-22(2,3)29-21(27)24-15-11-23(28,12-16-24)17-18-9-13-25(14-10-18)30-20(26)19-7-5-4-6-8-19/h4-8,18,28H,9-17H2,1-3H3. The van der Waals surface area contributed by atoms with Crippen molar-refractivity contribution in [2.75, 3.05) is 26.2 Å². The third-order valence-electron chi connectivity index (χ3n) is 5.81. The second-order valence-corrected chi connectivity index (χ2v) is 9.51. The third-order valence-corrected chi connectivity index (χ3v) is 5.81. The molecule has 2 heterocycles. The molecule has 3 rings (SSSR count). The number of aliphatic hydroxyl groups is 1. The molecule has 0 bridgehead atoms. The van der Waals surface area contributed by atoms with Gasteiger partial charge in [-0.2, -0.15) is 0 Å². The first-order valence-corrected chi connectivity index (χ1v) is 10.9. The molecule has 2 fully saturated rings. The molecule has 0 unspecified atom stereocenters. The van der Waals surface area contributed by atoms with Gasteiger partial charge in [0.25, 0.3) is 0 Å². The number of hydroxylamine groups is 2. The normalized spacial score (nSPS) is 20.6. The highest BCUT2D eigenvalue weighted by Gasteiger charge is 2.38. The van der Waals surface area contributed by atoms with Crippen molar-refractivity contribution in [1.29, 1.82) is 0 Å². The summed E-state index contributed by atoms with van der Waals surface area (Å²) in [5.41, 5.74) is -0.708. The van der Waals surface area contributed by atoms with Gasteiger partial charge in [-0.05, 0) is 70.9 Å². The van der Waals surface area contributed by atoms with Crippen LogP contribution in [0.25, 0.3) is 0 Å². The third kappa shape index (κ3) is 6.44. The topological polar surface area (TPSA) is 79.3 Å². The summed E-state index contributed by atoms with van der Waals surface area (Å²) >= 11 is 0. The molecule has 2 saturated heterocycles. The lowest BCUT2D eigenvalue weighted by molar-refractivity contribution is -0.132. The molecule has 2 aliphatic heterocycles. The fourth-order valence-electron chi connectivity index (χ4n) is 4.12. The first-order chi connectivity index (χ1) is 14.1. The summed E-state index contributed by atoms with van der Waals surface area (Å²) in [5.74, 6) is 0.0527. The smallest absolute Gasteiger partial charge is 0.410 e. The van der Waals surface area contributed by atoms with E-state index in [1.165, 1.54) is 0 Å². The highest BCUT2D eigenvalue weighted by atomic mass is 16.7. The van der Waals surface area contributed by atoms with Gasteiger partial charge >= 0.3 is 12.1 Å². The Morgan fingerprint density at radius 2 is 1.67 bits per heavy atom. The monoisotopic (exact) mass is 418 g/mol. The predicted molar refractivity (Wildman–Crippen MR) is 113 cm³/mol. The van der Waals surface area contributed by atoms with Gasteiger partial charge in [0.2, 0.25) is 0 Å². The van der Waals surface area contributed by atoms with Crippen LogP contribution < -0.4 is 0 Å². The molecule has 2 aliphatic rings. The maximum absolute atomic E-state index is 12.2. The number of carbonyl (C=O) groups excluding carboxylic acids is 2. The molecule has 1 aromatic carbocycles. The summed E-state index contributed by atoms with van der Waals surface area (Å²) in [6.07, 6.45) is 3.29. The lowest BCUT2D eigenvalue weighted by atomic mass is 9.79. The van der Waals surface area contributed by atoms with Gasteiger partial charge in [0.1, 0.15) is 5.60 Å². The second-order valence-electron chi connectivity index (χ2n) is 9.51. The number of likely N-dealkylation sites (tertiary alicyclic amines) is 1. The van der Waals surface area contributed by atoms with Crippen molar-refractivity contribution >= 4 is 12.1 Å². The van der Waals surface area contributed by atoms with Gasteiger partial charge in [-0.15, -0.1) is 5.06 Å². The molecule has 0 atom stereocenters. The molecule has 30 heavy (non-hydrogen) atoms. The van der Waals surface area contributed by atoms with E-state index >= 15 is 0 Å². The number of nitrogens with zero attached hydrogens (tertiary/aromatic N) is 2. The fraction of sp³-hybridized carbons (Fsp3) is 0.652. The molecule has 7 heteroatoms. The first kappa shape index (κ1) is 22.6. The van der Waals surface area contributed by atoms with E-state index in [1.54, 1.807) is 22.1 Å². The van der Waals surface area contributed by atoms with E-state index < -0.39 is 11.2 Å². The Labute approximate surface area is 178 Å². The Morgan fingerprint density at radius 3 is 2.23 bits per heavy atom. The summed E-state index contributed by atoms with van der Waals surface area (Å²) < 4.78 is 5.43. The van der Waals surface area contributed by atoms with Crippen LogP contribution in [0.15, 0.2) is 30.3 Å². The minimum absolute atomic E-state index is 0.307. The van der Waals surface area contributed by atoms with E-state index in [0.29, 0.717) is 50.5 Å². The molecule has 1 aromatic rings. The SMILES string of the molecule is CC(C)(C)OC(=O)N1CCC(O)(CC2CCN(OC(=O)c3ccccc3)CC2)CC1. The molecule has 0 aliphatic carbocycles. The summed E-state index contributed by atoms with van der Waals surface area (Å²) in [7, 11) is 0. The molecular weight excluding hydrogens is 384 g/mol. The van der Waals surface area contributed by atoms with Gasteiger partial charge in [0, 0.05) is 26.2 Å². The highest BCUT2D eigenvalue weighted by Crippen LogP contribution is 2.33. The van der Waals surface area contributed by atoms with E-state index in [4.69, 9.17) is 9.57 Å². The van der Waals surface area contributed by atoms with Crippen molar-refractivity contribution in [2.45, 2.75) is 64.1 Å². The summed E-state index contributed by atoms with van der Waals surface area (Å²) in [5, 5.41) is 12.8. The minimum Gasteiger partial charge on any atom is -0.444 e. The van der Waals surface area contributed by atoms with Crippen LogP contribution in [0, 0.1) is 5.92 Å². The van der Waals surface area contributed by atoms with E-state index in [9.17, 15) is 14.7 Å². The molecule has 1 N–H and O–H groups in total. The van der Waals surface area contributed by atoms with Gasteiger partial charge in [0.15, 0.2) is 0 Å². The summed E-state index contributed by atoms with van der Waals surface area (Å²) in [6, 6.07) is 8.99. The molecule has 0 saturated carbocycles. The van der Waals surface area contributed by atoms with Gasteiger partial charge in [-0.25, -0.2) is 9.59 Å². The van der Waals surface area contributed by atoms with Crippen LogP contribution >= 0.6 is 0 Å². The Balaban J connectivity index is 1.41. The van der Waals surface area contributed by atoms with Gasteiger partial charge in [-0.3, -0.25) is 0 Å². The fourth-order valence-corrected chi connectivity index (χ4v) is 4.12. The predicted octanol–water partition coefficient (Wildman–Crippen LogP) is 3.62. The lowest BCUT2D eigenvalue weighted by Crippen LogP contribution is -2.49. The van der Waals surface area contributed by atoms with Crippen LogP contribution in [0.5, 0.6) is 0 Å². The summed E-state index contributed by atoms with van der Waals surface area (Å²) in [4.78, 5) is 31.6. The Kier molecular flexibility index (Phi) is 7.03. The minimum atomic E-state index is -0.744. The van der Waals surface area contributed by atoms with E-state index in [1.807, 2.05) is 39.0 Å². The van der Waals surface area contributed by atoms with Gasteiger partial charge in [0.05, 0.1) is 11.2 Å². The number of piperidine rings is 2. The number of rotatable bonds is 4. The van der Waals surface area contributed by atoms with Gasteiger partial charge < -0.3 is 19.6 Å². The van der Waals surface area contributed by atoms with Crippen LogP contribution in [0.2, 0.25) is 0 Å². The molecule has 166 valence electrons. The van der Waals surface area contributed by atoms with Crippen molar-refractivity contribution in [3.63, 3.8) is 0 Å². The maximum atomic E-state index is 12.2. The zero-order valence-corrected chi connectivity index (χ0v) is 18.3. The van der Waals surface area contributed by atoms with Crippen molar-refractivity contribution in [3.8, 4) is 0 Å². The molecule has 1 amide bonds. The van der Waals surface area contributed by atoms with Crippen LogP contribution in [0.4, 0.5) is 4.79 Å². The average Bonchev–Trinajstić information content (AvgIpc) is 2.69. The zero-order chi connectivity index (χ0) is 21.8. The van der Waals surface area contributed by atoms with E-state index in [0.717, 1.165) is 19.3 Å². The summed E-state index contributed by atoms with van der Waals surface area (Å²) in [6.45, 7) is 7.93. The number of hydrogen-bond donors (Lipinski definition) is 1. The Morgan fingerprint density at radius 1 is 1.07 bits per heavy atom. The first-order valence-electron chi connectivity index (χ1n) is 10.9. The molecule has 0 spiro atoms. The molecule has 0 radical (unpaired) electrons. The molecule has 0 aromatic heterocycles. The molecule has 7 nitrogen and oxygen atoms in total. The average molecular weight is 419 g/mol. The number of ether oxygens (including phenoxy) is 1. The number of carbonyl (C=O) groups is 2. The quantitative estimate of drug-likeness (QED) is 0.805. The van der Waals surface area contributed by atoms with Crippen molar-refractivity contribution in [3.05, 3.63) is 35.9 Å². The lowest BCUT2D eigenvalue weighted by Gasteiger charge is -2.41. The number of amides is 1. The van der Waals surface area contributed by atoms with E-state index in [2.05, 4.69) is 0 Å². The molecular formula is C23H34N2O5.